The lowest BCUT2D eigenvalue weighted by molar-refractivity contribution is -0.121. The number of nitrogens with zero attached hydrogens (tertiary/aromatic N) is 2. The molecule has 0 saturated carbocycles. The van der Waals surface area contributed by atoms with Crippen LogP contribution in [0.15, 0.2) is 30.5 Å². The van der Waals surface area contributed by atoms with Gasteiger partial charge >= 0.3 is 5.97 Å². The molecule has 0 radical (unpaired) electrons. The van der Waals surface area contributed by atoms with Gasteiger partial charge in [0.15, 0.2) is 0 Å². The Morgan fingerprint density at radius 1 is 1.37 bits per heavy atom. The summed E-state index contributed by atoms with van der Waals surface area (Å²) >= 11 is 0. The van der Waals surface area contributed by atoms with Crippen molar-refractivity contribution in [2.75, 3.05) is 6.54 Å². The van der Waals surface area contributed by atoms with E-state index in [0.29, 0.717) is 10.9 Å². The maximum Gasteiger partial charge on any atom is 0.337 e. The Hall–Kier alpha value is -2.81. The molecule has 0 aliphatic heterocycles. The van der Waals surface area contributed by atoms with Gasteiger partial charge in [-0.15, -0.1) is 0 Å². The highest BCUT2D eigenvalue weighted by Gasteiger charge is 2.14. The number of aromatic nitrogens is 1. The molecule has 0 unspecified atom stereocenters. The number of para-hydroxylation sites is 1. The van der Waals surface area contributed by atoms with E-state index in [4.69, 9.17) is 10.4 Å². The molecule has 0 fully saturated rings. The molecule has 0 spiro atoms. The molecule has 2 rings (SSSR count). The summed E-state index contributed by atoms with van der Waals surface area (Å²) in [7, 11) is 0. The van der Waals surface area contributed by atoms with E-state index < -0.39 is 5.97 Å². The summed E-state index contributed by atoms with van der Waals surface area (Å²) in [6.07, 6.45) is 1.43. The van der Waals surface area contributed by atoms with Crippen molar-refractivity contribution < 1.29 is 14.7 Å². The minimum Gasteiger partial charge on any atom is -0.478 e. The van der Waals surface area contributed by atoms with Crippen molar-refractivity contribution in [2.45, 2.75) is 6.54 Å². The van der Waals surface area contributed by atoms with Gasteiger partial charge in [-0.2, -0.15) is 5.26 Å². The van der Waals surface area contributed by atoms with E-state index in [-0.39, 0.29) is 24.6 Å². The minimum atomic E-state index is -1.03. The summed E-state index contributed by atoms with van der Waals surface area (Å²) in [4.78, 5) is 22.7. The third kappa shape index (κ3) is 2.55. The summed E-state index contributed by atoms with van der Waals surface area (Å²) in [5.74, 6) is -1.37. The second-order valence-electron chi connectivity index (χ2n) is 3.93. The van der Waals surface area contributed by atoms with E-state index in [1.54, 1.807) is 28.8 Å². The highest BCUT2D eigenvalue weighted by molar-refractivity contribution is 6.03. The van der Waals surface area contributed by atoms with E-state index in [1.807, 2.05) is 6.07 Å². The molecule has 6 nitrogen and oxygen atoms in total. The number of carboxylic acid groups (broad SMARTS) is 1. The second kappa shape index (κ2) is 5.23. The third-order valence-corrected chi connectivity index (χ3v) is 2.70. The van der Waals surface area contributed by atoms with Crippen LogP contribution in [0.2, 0.25) is 0 Å². The van der Waals surface area contributed by atoms with Crippen molar-refractivity contribution in [1.29, 1.82) is 5.26 Å². The van der Waals surface area contributed by atoms with Gasteiger partial charge in [0.25, 0.3) is 0 Å². The van der Waals surface area contributed by atoms with Gasteiger partial charge in [0.2, 0.25) is 5.91 Å². The lowest BCUT2D eigenvalue weighted by Gasteiger charge is -2.04. The lowest BCUT2D eigenvalue weighted by Crippen LogP contribution is -2.27. The molecule has 0 aliphatic carbocycles. The zero-order valence-corrected chi connectivity index (χ0v) is 9.96. The Bertz CT molecular complexity index is 682. The molecule has 19 heavy (non-hydrogen) atoms. The first-order valence-electron chi connectivity index (χ1n) is 5.58. The Labute approximate surface area is 108 Å². The summed E-state index contributed by atoms with van der Waals surface area (Å²) in [6, 6.07) is 8.78. The number of nitriles is 1. The fourth-order valence-electron chi connectivity index (χ4n) is 1.90. The Morgan fingerprint density at radius 3 is 2.79 bits per heavy atom. The average Bonchev–Trinajstić information content (AvgIpc) is 2.76. The van der Waals surface area contributed by atoms with Crippen LogP contribution in [0, 0.1) is 11.3 Å². The van der Waals surface area contributed by atoms with Crippen LogP contribution in [0.5, 0.6) is 0 Å². The van der Waals surface area contributed by atoms with E-state index in [9.17, 15) is 9.59 Å². The number of benzene rings is 1. The van der Waals surface area contributed by atoms with Crippen LogP contribution in [0.1, 0.15) is 10.4 Å². The molecule has 2 aromatic rings. The molecule has 0 atom stereocenters. The van der Waals surface area contributed by atoms with Crippen molar-refractivity contribution in [3.8, 4) is 6.07 Å². The smallest absolute Gasteiger partial charge is 0.337 e. The number of hydrogen-bond donors (Lipinski definition) is 2. The highest BCUT2D eigenvalue weighted by Crippen LogP contribution is 2.21. The molecule has 0 saturated heterocycles. The summed E-state index contributed by atoms with van der Waals surface area (Å²) in [6.45, 7) is -0.0840. The molecule has 2 N–H and O–H groups in total. The fourth-order valence-corrected chi connectivity index (χ4v) is 1.90. The van der Waals surface area contributed by atoms with Gasteiger partial charge in [0.05, 0.1) is 11.6 Å². The van der Waals surface area contributed by atoms with E-state index in [0.717, 1.165) is 0 Å². The van der Waals surface area contributed by atoms with Crippen LogP contribution < -0.4 is 5.32 Å². The maximum atomic E-state index is 11.6. The standard InChI is InChI=1S/C13H11N3O3/c14-5-6-15-12(17)8-16-7-10(13(18)19)9-3-1-2-4-11(9)16/h1-4,7H,6,8H2,(H,15,17)(H,18,19). The fraction of sp³-hybridized carbons (Fsp3) is 0.154. The van der Waals surface area contributed by atoms with Crippen LogP contribution >= 0.6 is 0 Å². The predicted octanol–water partition coefficient (Wildman–Crippen LogP) is 0.979. The molecule has 0 aliphatic rings. The maximum absolute atomic E-state index is 11.6. The van der Waals surface area contributed by atoms with Gasteiger partial charge in [-0.25, -0.2) is 4.79 Å². The Balaban J connectivity index is 2.36. The molecule has 6 heteroatoms. The third-order valence-electron chi connectivity index (χ3n) is 2.70. The normalized spacial score (nSPS) is 10.1. The number of carbonyl (C=O) groups is 2. The zero-order valence-electron chi connectivity index (χ0n) is 9.96. The first-order chi connectivity index (χ1) is 9.13. The molecule has 96 valence electrons. The van der Waals surface area contributed by atoms with Gasteiger partial charge in [0.1, 0.15) is 13.1 Å². The number of hydrogen-bond acceptors (Lipinski definition) is 3. The monoisotopic (exact) mass is 257 g/mol. The quantitative estimate of drug-likeness (QED) is 0.798. The Kier molecular flexibility index (Phi) is 3.48. The van der Waals surface area contributed by atoms with Crippen molar-refractivity contribution in [3.63, 3.8) is 0 Å². The number of amides is 1. The van der Waals surface area contributed by atoms with Gasteiger partial charge in [-0.3, -0.25) is 4.79 Å². The van der Waals surface area contributed by atoms with E-state index in [2.05, 4.69) is 5.32 Å². The summed E-state index contributed by atoms with van der Waals surface area (Å²) in [5.41, 5.74) is 0.829. The number of nitrogens with one attached hydrogen (secondary N) is 1. The molecular weight excluding hydrogens is 246 g/mol. The van der Waals surface area contributed by atoms with Gasteiger partial charge in [0, 0.05) is 17.1 Å². The number of fused-ring (bicyclic) bond motifs is 1. The van der Waals surface area contributed by atoms with Crippen LogP contribution in [0.3, 0.4) is 0 Å². The molecule has 1 aromatic carbocycles. The predicted molar refractivity (Wildman–Crippen MR) is 67.5 cm³/mol. The largest absolute Gasteiger partial charge is 0.478 e. The van der Waals surface area contributed by atoms with E-state index in [1.165, 1.54) is 6.20 Å². The van der Waals surface area contributed by atoms with Crippen molar-refractivity contribution in [3.05, 3.63) is 36.0 Å². The SMILES string of the molecule is N#CCNC(=O)Cn1cc(C(=O)O)c2ccccc21. The van der Waals surface area contributed by atoms with Gasteiger partial charge in [-0.1, -0.05) is 18.2 Å². The van der Waals surface area contributed by atoms with Crippen LogP contribution in [0.25, 0.3) is 10.9 Å². The summed E-state index contributed by atoms with van der Waals surface area (Å²) in [5, 5.41) is 20.5. The van der Waals surface area contributed by atoms with Crippen LogP contribution in [0.4, 0.5) is 0 Å². The number of carboxylic acids is 1. The topological polar surface area (TPSA) is 95.1 Å². The molecular formula is C13H11N3O3. The van der Waals surface area contributed by atoms with Crippen LogP contribution in [-0.2, 0) is 11.3 Å². The number of rotatable bonds is 4. The average molecular weight is 257 g/mol. The Morgan fingerprint density at radius 2 is 2.11 bits per heavy atom. The minimum absolute atomic E-state index is 0.0184. The van der Waals surface area contributed by atoms with Crippen molar-refractivity contribution in [1.82, 2.24) is 9.88 Å². The first kappa shape index (κ1) is 12.6. The van der Waals surface area contributed by atoms with E-state index >= 15 is 0 Å². The number of carbonyl (C=O) groups excluding carboxylic acids is 1. The van der Waals surface area contributed by atoms with Crippen molar-refractivity contribution >= 4 is 22.8 Å². The lowest BCUT2D eigenvalue weighted by atomic mass is 10.2. The van der Waals surface area contributed by atoms with Gasteiger partial charge < -0.3 is 15.0 Å². The second-order valence-corrected chi connectivity index (χ2v) is 3.93. The zero-order chi connectivity index (χ0) is 13.8. The first-order valence-corrected chi connectivity index (χ1v) is 5.58. The number of aromatic carboxylic acids is 1. The van der Waals surface area contributed by atoms with Gasteiger partial charge in [-0.05, 0) is 6.07 Å². The van der Waals surface area contributed by atoms with Crippen LogP contribution in [-0.4, -0.2) is 28.1 Å². The molecule has 1 heterocycles. The molecule has 0 bridgehead atoms. The molecule has 1 amide bonds. The highest BCUT2D eigenvalue weighted by atomic mass is 16.4. The summed E-state index contributed by atoms with van der Waals surface area (Å²) < 4.78 is 1.56. The van der Waals surface area contributed by atoms with Crippen molar-refractivity contribution in [2.24, 2.45) is 0 Å². The molecule has 1 aromatic heterocycles.